The van der Waals surface area contributed by atoms with Crippen molar-refractivity contribution in [2.45, 2.75) is 26.7 Å². The highest BCUT2D eigenvalue weighted by Gasteiger charge is 2.26. The maximum atomic E-state index is 14.1. The molecule has 0 heterocycles. The van der Waals surface area contributed by atoms with Crippen molar-refractivity contribution in [1.82, 2.24) is 0 Å². The lowest BCUT2D eigenvalue weighted by atomic mass is 9.88. The van der Waals surface area contributed by atoms with Crippen molar-refractivity contribution < 1.29 is 23.4 Å². The SMILES string of the molecule is C#CCOCC#CCOC(=O)C(c1ccc(OCC)c(F)c1)C(C)C. The molecule has 0 aromatic heterocycles. The standard InChI is InChI=1S/C20H23FO4/c1-5-11-23-12-7-8-13-25-20(22)19(15(3)4)16-9-10-18(24-6-2)17(21)14-16/h1,9-10,14-15,19H,6,11-13H2,2-4H3. The van der Waals surface area contributed by atoms with Gasteiger partial charge in [-0.15, -0.1) is 6.42 Å². The van der Waals surface area contributed by atoms with Gasteiger partial charge in [0.25, 0.3) is 0 Å². The number of carbonyl (C=O) groups is 1. The molecule has 5 heteroatoms. The molecule has 4 nitrogen and oxygen atoms in total. The highest BCUT2D eigenvalue weighted by molar-refractivity contribution is 5.78. The third kappa shape index (κ3) is 6.87. The molecule has 1 aromatic rings. The van der Waals surface area contributed by atoms with E-state index in [1.807, 2.05) is 13.8 Å². The Balaban J connectivity index is 2.71. The predicted octanol–water partition coefficient (Wildman–Crippen LogP) is 3.16. The summed E-state index contributed by atoms with van der Waals surface area (Å²) < 4.78 is 29.4. The summed E-state index contributed by atoms with van der Waals surface area (Å²) in [5, 5.41) is 0. The van der Waals surface area contributed by atoms with Crippen LogP contribution in [-0.2, 0) is 14.3 Å². The summed E-state index contributed by atoms with van der Waals surface area (Å²) in [5.41, 5.74) is 0.547. The first-order valence-corrected chi connectivity index (χ1v) is 8.07. The van der Waals surface area contributed by atoms with E-state index in [9.17, 15) is 9.18 Å². The summed E-state index contributed by atoms with van der Waals surface area (Å²) in [5.74, 6) is 6.28. The van der Waals surface area contributed by atoms with Gasteiger partial charge in [0.15, 0.2) is 18.2 Å². The molecule has 0 fully saturated rings. The average molecular weight is 346 g/mol. The Labute approximate surface area is 148 Å². The lowest BCUT2D eigenvalue weighted by Gasteiger charge is -2.20. The topological polar surface area (TPSA) is 44.8 Å². The van der Waals surface area contributed by atoms with Crippen LogP contribution in [0.15, 0.2) is 18.2 Å². The van der Waals surface area contributed by atoms with Gasteiger partial charge in [-0.05, 0) is 30.5 Å². The normalized spacial score (nSPS) is 11.2. The molecule has 0 aliphatic carbocycles. The molecule has 1 aromatic carbocycles. The monoisotopic (exact) mass is 346 g/mol. The first-order valence-electron chi connectivity index (χ1n) is 8.07. The Morgan fingerprint density at radius 1 is 1.24 bits per heavy atom. The largest absolute Gasteiger partial charge is 0.491 e. The molecular formula is C20H23FO4. The van der Waals surface area contributed by atoms with Gasteiger partial charge in [0.2, 0.25) is 0 Å². The van der Waals surface area contributed by atoms with Gasteiger partial charge < -0.3 is 14.2 Å². The lowest BCUT2D eigenvalue weighted by Crippen LogP contribution is -2.21. The molecule has 0 N–H and O–H groups in total. The summed E-state index contributed by atoms with van der Waals surface area (Å²) >= 11 is 0. The zero-order valence-electron chi connectivity index (χ0n) is 14.8. The van der Waals surface area contributed by atoms with Crippen LogP contribution in [0.25, 0.3) is 0 Å². The molecule has 1 atom stereocenters. The van der Waals surface area contributed by atoms with E-state index in [-0.39, 0.29) is 31.5 Å². The summed E-state index contributed by atoms with van der Waals surface area (Å²) in [6.45, 7) is 6.21. The Hall–Kier alpha value is -2.50. The molecule has 0 radical (unpaired) electrons. The molecule has 0 amide bonds. The molecule has 0 saturated heterocycles. The second-order valence-electron chi connectivity index (χ2n) is 5.50. The second kappa shape index (κ2) is 11.1. The Bertz CT molecular complexity index is 664. The van der Waals surface area contributed by atoms with E-state index in [1.165, 1.54) is 12.1 Å². The summed E-state index contributed by atoms with van der Waals surface area (Å²) in [4.78, 5) is 12.3. The van der Waals surface area contributed by atoms with Crippen LogP contribution in [0, 0.1) is 35.9 Å². The van der Waals surface area contributed by atoms with E-state index >= 15 is 0 Å². The van der Waals surface area contributed by atoms with Crippen molar-refractivity contribution >= 4 is 5.97 Å². The third-order valence-corrected chi connectivity index (χ3v) is 3.31. The fraction of sp³-hybridized carbons (Fsp3) is 0.450. The van der Waals surface area contributed by atoms with Crippen LogP contribution in [0.4, 0.5) is 4.39 Å². The van der Waals surface area contributed by atoms with Crippen molar-refractivity contribution in [2.24, 2.45) is 5.92 Å². The number of hydrogen-bond donors (Lipinski definition) is 0. The number of hydrogen-bond acceptors (Lipinski definition) is 4. The Kier molecular flexibility index (Phi) is 9.14. The van der Waals surface area contributed by atoms with Gasteiger partial charge in [-0.2, -0.15) is 0 Å². The van der Waals surface area contributed by atoms with Gasteiger partial charge in [-0.1, -0.05) is 37.7 Å². The maximum absolute atomic E-state index is 14.1. The van der Waals surface area contributed by atoms with Gasteiger partial charge >= 0.3 is 5.97 Å². The lowest BCUT2D eigenvalue weighted by molar-refractivity contribution is -0.145. The first-order chi connectivity index (χ1) is 12.0. The quantitative estimate of drug-likeness (QED) is 0.412. The maximum Gasteiger partial charge on any atom is 0.314 e. The number of terminal acetylenes is 1. The number of benzene rings is 1. The highest BCUT2D eigenvalue weighted by Crippen LogP contribution is 2.29. The number of ether oxygens (including phenoxy) is 3. The van der Waals surface area contributed by atoms with Crippen molar-refractivity contribution in [3.8, 4) is 29.9 Å². The minimum Gasteiger partial charge on any atom is -0.491 e. The molecule has 0 bridgehead atoms. The zero-order chi connectivity index (χ0) is 18.7. The molecule has 0 saturated carbocycles. The molecule has 0 spiro atoms. The Morgan fingerprint density at radius 3 is 2.56 bits per heavy atom. The number of halogens is 1. The number of rotatable bonds is 8. The minimum atomic E-state index is -0.579. The van der Waals surface area contributed by atoms with Crippen LogP contribution in [-0.4, -0.2) is 32.4 Å². The van der Waals surface area contributed by atoms with Gasteiger partial charge in [-0.3, -0.25) is 4.79 Å². The molecule has 1 unspecified atom stereocenters. The van der Waals surface area contributed by atoms with Crippen LogP contribution in [0.2, 0.25) is 0 Å². The van der Waals surface area contributed by atoms with Gasteiger partial charge in [-0.25, -0.2) is 4.39 Å². The van der Waals surface area contributed by atoms with Crippen molar-refractivity contribution in [2.75, 3.05) is 26.4 Å². The van der Waals surface area contributed by atoms with Crippen LogP contribution in [0.1, 0.15) is 32.3 Å². The molecule has 1 rings (SSSR count). The van der Waals surface area contributed by atoms with E-state index in [0.29, 0.717) is 12.2 Å². The first kappa shape index (κ1) is 20.5. The fourth-order valence-corrected chi connectivity index (χ4v) is 2.24. The molecule has 0 aliphatic heterocycles. The van der Waals surface area contributed by atoms with Crippen molar-refractivity contribution in [3.05, 3.63) is 29.6 Å². The van der Waals surface area contributed by atoms with E-state index in [4.69, 9.17) is 20.6 Å². The smallest absolute Gasteiger partial charge is 0.314 e. The van der Waals surface area contributed by atoms with Gasteiger partial charge in [0.1, 0.15) is 13.2 Å². The van der Waals surface area contributed by atoms with Crippen LogP contribution >= 0.6 is 0 Å². The third-order valence-electron chi connectivity index (χ3n) is 3.31. The van der Waals surface area contributed by atoms with E-state index < -0.39 is 17.7 Å². The van der Waals surface area contributed by atoms with Gasteiger partial charge in [0.05, 0.1) is 12.5 Å². The van der Waals surface area contributed by atoms with Crippen LogP contribution < -0.4 is 4.74 Å². The summed E-state index contributed by atoms with van der Waals surface area (Å²) in [7, 11) is 0. The molecule has 134 valence electrons. The summed E-state index contributed by atoms with van der Waals surface area (Å²) in [6, 6.07) is 4.52. The molecule has 25 heavy (non-hydrogen) atoms. The van der Waals surface area contributed by atoms with Gasteiger partial charge in [0, 0.05) is 0 Å². The number of esters is 1. The van der Waals surface area contributed by atoms with E-state index in [0.717, 1.165) is 0 Å². The summed E-state index contributed by atoms with van der Waals surface area (Å²) in [6.07, 6.45) is 5.04. The van der Waals surface area contributed by atoms with E-state index in [2.05, 4.69) is 17.8 Å². The second-order valence-corrected chi connectivity index (χ2v) is 5.50. The van der Waals surface area contributed by atoms with Crippen molar-refractivity contribution in [1.29, 1.82) is 0 Å². The Morgan fingerprint density at radius 2 is 1.96 bits per heavy atom. The molecule has 0 aliphatic rings. The van der Waals surface area contributed by atoms with Crippen molar-refractivity contribution in [3.63, 3.8) is 0 Å². The predicted molar refractivity (Wildman–Crippen MR) is 93.5 cm³/mol. The van der Waals surface area contributed by atoms with Crippen LogP contribution in [0.5, 0.6) is 5.75 Å². The zero-order valence-corrected chi connectivity index (χ0v) is 14.8. The highest BCUT2D eigenvalue weighted by atomic mass is 19.1. The fourth-order valence-electron chi connectivity index (χ4n) is 2.24. The average Bonchev–Trinajstić information content (AvgIpc) is 2.56. The van der Waals surface area contributed by atoms with E-state index in [1.54, 1.807) is 13.0 Å². The van der Waals surface area contributed by atoms with Crippen LogP contribution in [0.3, 0.4) is 0 Å². The minimum absolute atomic E-state index is 0.0546. The number of carbonyl (C=O) groups excluding carboxylic acids is 1. The molecular weight excluding hydrogens is 323 g/mol.